The zero-order chi connectivity index (χ0) is 11.6. The van der Waals surface area contributed by atoms with E-state index in [4.69, 9.17) is 11.6 Å². The van der Waals surface area contributed by atoms with Gasteiger partial charge in [-0.25, -0.2) is 4.98 Å². The van der Waals surface area contributed by atoms with E-state index >= 15 is 0 Å². The first-order valence-electron chi connectivity index (χ1n) is 4.65. The van der Waals surface area contributed by atoms with Gasteiger partial charge in [-0.3, -0.25) is 4.79 Å². The Hall–Kier alpha value is -0.610. The van der Waals surface area contributed by atoms with Crippen LogP contribution >= 0.6 is 22.9 Å². The van der Waals surface area contributed by atoms with Gasteiger partial charge in [0.05, 0.1) is 16.7 Å². The Kier molecular flexibility index (Phi) is 3.73. The van der Waals surface area contributed by atoms with Gasteiger partial charge >= 0.3 is 0 Å². The van der Waals surface area contributed by atoms with Crippen molar-refractivity contribution < 1.29 is 4.79 Å². The van der Waals surface area contributed by atoms with Crippen molar-refractivity contribution in [2.75, 3.05) is 12.9 Å². The maximum atomic E-state index is 12.0. The molecular formula is C10H15ClN2OS. The molecular weight excluding hydrogens is 232 g/mol. The number of thiazole rings is 1. The molecule has 1 amide bonds. The van der Waals surface area contributed by atoms with Crippen LogP contribution in [0.3, 0.4) is 0 Å². The molecule has 0 radical (unpaired) electrons. The Morgan fingerprint density at radius 1 is 1.67 bits per heavy atom. The van der Waals surface area contributed by atoms with E-state index < -0.39 is 0 Å². The summed E-state index contributed by atoms with van der Waals surface area (Å²) in [5, 5.41) is 0.899. The molecule has 84 valence electrons. The molecule has 0 saturated carbocycles. The van der Waals surface area contributed by atoms with Crippen molar-refractivity contribution in [3.63, 3.8) is 0 Å². The minimum absolute atomic E-state index is 0.0220. The van der Waals surface area contributed by atoms with Crippen molar-refractivity contribution in [3.05, 3.63) is 16.1 Å². The van der Waals surface area contributed by atoms with Crippen LogP contribution in [0.4, 0.5) is 0 Å². The van der Waals surface area contributed by atoms with Gasteiger partial charge in [0.25, 0.3) is 5.91 Å². The number of amides is 1. The zero-order valence-corrected chi connectivity index (χ0v) is 10.9. The molecule has 0 atom stereocenters. The Balaban J connectivity index is 2.86. The summed E-state index contributed by atoms with van der Waals surface area (Å²) < 4.78 is 0. The fourth-order valence-corrected chi connectivity index (χ4v) is 1.92. The van der Waals surface area contributed by atoms with Crippen LogP contribution in [0.5, 0.6) is 0 Å². The molecule has 0 aromatic carbocycles. The number of carbonyl (C=O) groups excluding carboxylic acids is 1. The molecule has 0 aliphatic heterocycles. The molecule has 0 saturated heterocycles. The highest BCUT2D eigenvalue weighted by Gasteiger charge is 2.28. The first kappa shape index (κ1) is 12.5. The molecule has 0 fully saturated rings. The minimum Gasteiger partial charge on any atom is -0.335 e. The third-order valence-corrected chi connectivity index (χ3v) is 3.93. The second-order valence-electron chi connectivity index (χ2n) is 4.05. The average molecular weight is 247 g/mol. The highest BCUT2D eigenvalue weighted by Crippen LogP contribution is 2.20. The number of rotatable bonds is 3. The van der Waals surface area contributed by atoms with Gasteiger partial charge in [0.2, 0.25) is 0 Å². The van der Waals surface area contributed by atoms with Crippen molar-refractivity contribution in [2.45, 2.75) is 26.3 Å². The molecule has 5 heteroatoms. The van der Waals surface area contributed by atoms with E-state index in [1.54, 1.807) is 18.1 Å². The van der Waals surface area contributed by atoms with E-state index in [0.29, 0.717) is 10.8 Å². The van der Waals surface area contributed by atoms with Crippen molar-refractivity contribution >= 4 is 28.8 Å². The monoisotopic (exact) mass is 246 g/mol. The Morgan fingerprint density at radius 2 is 2.27 bits per heavy atom. The highest BCUT2D eigenvalue weighted by molar-refractivity contribution is 7.13. The molecule has 1 aromatic heterocycles. The van der Waals surface area contributed by atoms with Gasteiger partial charge in [-0.1, -0.05) is 0 Å². The summed E-state index contributed by atoms with van der Waals surface area (Å²) in [6.07, 6.45) is 1.61. The maximum Gasteiger partial charge on any atom is 0.265 e. The number of carbonyl (C=O) groups is 1. The minimum atomic E-state index is -0.337. The highest BCUT2D eigenvalue weighted by atomic mass is 35.5. The molecule has 1 heterocycles. The quantitative estimate of drug-likeness (QED) is 0.768. The summed E-state index contributed by atoms with van der Waals surface area (Å²) in [7, 11) is 1.76. The predicted octanol–water partition coefficient (Wildman–Crippen LogP) is 2.54. The molecule has 0 aliphatic rings. The molecule has 0 spiro atoms. The molecule has 0 aliphatic carbocycles. The second kappa shape index (κ2) is 4.49. The summed E-state index contributed by atoms with van der Waals surface area (Å²) >= 11 is 7.22. The van der Waals surface area contributed by atoms with Crippen molar-refractivity contribution in [3.8, 4) is 0 Å². The molecule has 0 N–H and O–H groups in total. The SMILES string of the molecule is Cc1ncc(C(=O)N(C)C(C)(C)CCl)s1. The first-order chi connectivity index (χ1) is 6.88. The number of hydrogen-bond acceptors (Lipinski definition) is 3. The van der Waals surface area contributed by atoms with E-state index in [2.05, 4.69) is 4.98 Å². The van der Waals surface area contributed by atoms with Gasteiger partial charge in [0.15, 0.2) is 0 Å². The van der Waals surface area contributed by atoms with Crippen molar-refractivity contribution in [1.29, 1.82) is 0 Å². The van der Waals surface area contributed by atoms with E-state index in [0.717, 1.165) is 5.01 Å². The lowest BCUT2D eigenvalue weighted by atomic mass is 10.1. The van der Waals surface area contributed by atoms with Crippen LogP contribution in [-0.2, 0) is 0 Å². The maximum absolute atomic E-state index is 12.0. The average Bonchev–Trinajstić information content (AvgIpc) is 2.62. The topological polar surface area (TPSA) is 33.2 Å². The van der Waals surface area contributed by atoms with Crippen LogP contribution in [0.1, 0.15) is 28.5 Å². The first-order valence-corrected chi connectivity index (χ1v) is 6.00. The molecule has 0 bridgehead atoms. The van der Waals surface area contributed by atoms with Crippen molar-refractivity contribution in [2.24, 2.45) is 0 Å². The summed E-state index contributed by atoms with van der Waals surface area (Å²) in [4.78, 5) is 18.4. The second-order valence-corrected chi connectivity index (χ2v) is 5.56. The smallest absolute Gasteiger partial charge is 0.265 e. The number of halogens is 1. The molecule has 1 aromatic rings. The fourth-order valence-electron chi connectivity index (χ4n) is 0.990. The number of aryl methyl sites for hydroxylation is 1. The molecule has 0 unspecified atom stereocenters. The number of nitrogens with zero attached hydrogens (tertiary/aromatic N) is 2. The largest absolute Gasteiger partial charge is 0.335 e. The lowest BCUT2D eigenvalue weighted by Crippen LogP contribution is -2.46. The van der Waals surface area contributed by atoms with Gasteiger partial charge < -0.3 is 4.90 Å². The third-order valence-electron chi connectivity index (χ3n) is 2.37. The van der Waals surface area contributed by atoms with E-state index in [1.807, 2.05) is 20.8 Å². The van der Waals surface area contributed by atoms with Crippen molar-refractivity contribution in [1.82, 2.24) is 9.88 Å². The van der Waals surface area contributed by atoms with E-state index in [-0.39, 0.29) is 11.4 Å². The van der Waals surface area contributed by atoms with Crippen LogP contribution in [-0.4, -0.2) is 34.3 Å². The number of alkyl halides is 1. The van der Waals surface area contributed by atoms with Crippen LogP contribution in [0.25, 0.3) is 0 Å². The van der Waals surface area contributed by atoms with Gasteiger partial charge in [0, 0.05) is 12.9 Å². The van der Waals surface area contributed by atoms with Crippen LogP contribution < -0.4 is 0 Å². The van der Waals surface area contributed by atoms with Gasteiger partial charge in [0.1, 0.15) is 4.88 Å². The summed E-state index contributed by atoms with van der Waals surface area (Å²) in [6.45, 7) is 5.76. The number of hydrogen-bond donors (Lipinski definition) is 0. The normalized spacial score (nSPS) is 11.5. The third kappa shape index (κ3) is 2.69. The lowest BCUT2D eigenvalue weighted by Gasteiger charge is -2.33. The Labute approximate surface area is 99.1 Å². The van der Waals surface area contributed by atoms with Gasteiger partial charge in [-0.15, -0.1) is 22.9 Å². The van der Waals surface area contributed by atoms with Crippen LogP contribution in [0, 0.1) is 6.92 Å². The van der Waals surface area contributed by atoms with Gasteiger partial charge in [-0.05, 0) is 20.8 Å². The standard InChI is InChI=1S/C10H15ClN2OS/c1-7-12-5-8(15-7)9(14)13(4)10(2,3)6-11/h5H,6H2,1-4H3. The summed E-state index contributed by atoms with van der Waals surface area (Å²) in [5.41, 5.74) is -0.337. The number of aromatic nitrogens is 1. The fraction of sp³-hybridized carbons (Fsp3) is 0.600. The lowest BCUT2D eigenvalue weighted by molar-refractivity contribution is 0.0665. The summed E-state index contributed by atoms with van der Waals surface area (Å²) in [5.74, 6) is 0.388. The predicted molar refractivity (Wildman–Crippen MR) is 63.7 cm³/mol. The van der Waals surface area contributed by atoms with Gasteiger partial charge in [-0.2, -0.15) is 0 Å². The molecule has 1 rings (SSSR count). The van der Waals surface area contributed by atoms with E-state index in [1.165, 1.54) is 11.3 Å². The Morgan fingerprint density at radius 3 is 2.67 bits per heavy atom. The van der Waals surface area contributed by atoms with E-state index in [9.17, 15) is 4.79 Å². The Bertz CT molecular complexity index is 362. The summed E-state index contributed by atoms with van der Waals surface area (Å²) in [6, 6.07) is 0. The van der Waals surface area contributed by atoms with Crippen LogP contribution in [0.2, 0.25) is 0 Å². The zero-order valence-electron chi connectivity index (χ0n) is 9.37. The van der Waals surface area contributed by atoms with Crippen LogP contribution in [0.15, 0.2) is 6.20 Å². The molecule has 15 heavy (non-hydrogen) atoms. The molecule has 3 nitrogen and oxygen atoms in total.